The predicted octanol–water partition coefficient (Wildman–Crippen LogP) is 4.42. The molecule has 0 spiro atoms. The molecule has 200 valence electrons. The van der Waals surface area contributed by atoms with E-state index < -0.39 is 6.50 Å². The molecule has 1 aromatic carbocycles. The average Bonchev–Trinajstić information content (AvgIpc) is 3.35. The third-order valence-electron chi connectivity index (χ3n) is 7.17. The molecule has 1 aliphatic rings. The summed E-state index contributed by atoms with van der Waals surface area (Å²) >= 11 is 0. The van der Waals surface area contributed by atoms with E-state index in [9.17, 15) is 0 Å². The molecule has 1 aliphatic heterocycles. The Morgan fingerprint density at radius 3 is 2.60 bits per heavy atom. The fraction of sp³-hybridized carbons (Fsp3) is 0.267. The number of nitrogens with one attached hydrogen (secondary N) is 1. The maximum absolute atomic E-state index is 9.05. The SMILES string of the molecule is [2H]C([2H])(c1ccc(-n2c(-c3cccnc3N)nc3cc(C)c(C)nc32)cc1)N1CCC(Nc2ccnc(C#N)n2)CC1. The Bertz CT molecular complexity index is 1800. The van der Waals surface area contributed by atoms with Gasteiger partial charge in [0, 0.05) is 52.1 Å². The molecule has 5 aromatic rings. The van der Waals surface area contributed by atoms with Crippen LogP contribution >= 0.6 is 0 Å². The van der Waals surface area contributed by atoms with E-state index in [0.717, 1.165) is 35.3 Å². The van der Waals surface area contributed by atoms with E-state index in [0.29, 0.717) is 47.3 Å². The zero-order valence-corrected chi connectivity index (χ0v) is 22.3. The molecular formula is C30H30N10. The van der Waals surface area contributed by atoms with E-state index >= 15 is 0 Å². The molecule has 5 heterocycles. The lowest BCUT2D eigenvalue weighted by molar-refractivity contribution is 0.211. The molecule has 0 atom stereocenters. The second kappa shape index (κ2) is 10.7. The number of rotatable bonds is 6. The molecule has 6 rings (SSSR count). The van der Waals surface area contributed by atoms with Gasteiger partial charge in [0.2, 0.25) is 5.82 Å². The van der Waals surface area contributed by atoms with Crippen LogP contribution < -0.4 is 11.1 Å². The summed E-state index contributed by atoms with van der Waals surface area (Å²) in [4.78, 5) is 24.0. The van der Waals surface area contributed by atoms with Crippen LogP contribution in [0.1, 0.15) is 38.2 Å². The van der Waals surface area contributed by atoms with Crippen LogP contribution in [0.15, 0.2) is 60.9 Å². The van der Waals surface area contributed by atoms with E-state index in [-0.39, 0.29) is 11.9 Å². The van der Waals surface area contributed by atoms with Crippen molar-refractivity contribution in [3.8, 4) is 23.1 Å². The van der Waals surface area contributed by atoms with Gasteiger partial charge in [-0.3, -0.25) is 9.47 Å². The van der Waals surface area contributed by atoms with E-state index in [1.54, 1.807) is 18.5 Å². The summed E-state index contributed by atoms with van der Waals surface area (Å²) in [6, 6.07) is 17.0. The number of nitrogen functional groups attached to an aromatic ring is 1. The topological polar surface area (TPSA) is 134 Å². The minimum absolute atomic E-state index is 0.123. The fourth-order valence-corrected chi connectivity index (χ4v) is 4.93. The second-order valence-electron chi connectivity index (χ2n) is 9.88. The third kappa shape index (κ3) is 5.07. The number of piperidine rings is 1. The maximum atomic E-state index is 9.05. The minimum atomic E-state index is -1.66. The highest BCUT2D eigenvalue weighted by Crippen LogP contribution is 2.31. The van der Waals surface area contributed by atoms with Gasteiger partial charge in [-0.05, 0) is 74.2 Å². The van der Waals surface area contributed by atoms with Crippen molar-refractivity contribution >= 4 is 22.8 Å². The Hall–Kier alpha value is -4.88. The smallest absolute Gasteiger partial charge is 0.234 e. The molecular weight excluding hydrogens is 500 g/mol. The summed E-state index contributed by atoms with van der Waals surface area (Å²) in [6.07, 6.45) is 4.69. The number of likely N-dealkylation sites (tertiary alicyclic amines) is 1. The van der Waals surface area contributed by atoms with Crippen LogP contribution in [0.3, 0.4) is 0 Å². The van der Waals surface area contributed by atoms with Crippen molar-refractivity contribution < 1.29 is 2.74 Å². The zero-order valence-electron chi connectivity index (χ0n) is 24.3. The van der Waals surface area contributed by atoms with E-state index in [1.165, 1.54) is 0 Å². The highest BCUT2D eigenvalue weighted by Gasteiger charge is 2.21. The highest BCUT2D eigenvalue weighted by molar-refractivity contribution is 5.83. The molecule has 1 fully saturated rings. The summed E-state index contributed by atoms with van der Waals surface area (Å²) in [5.41, 5.74) is 11.7. The number of nitriles is 1. The molecule has 3 N–H and O–H groups in total. The van der Waals surface area contributed by atoms with Crippen molar-refractivity contribution in [1.82, 2.24) is 34.4 Å². The number of hydrogen-bond acceptors (Lipinski definition) is 9. The second-order valence-corrected chi connectivity index (χ2v) is 9.88. The largest absolute Gasteiger partial charge is 0.383 e. The van der Waals surface area contributed by atoms with Crippen LogP contribution in [0.5, 0.6) is 0 Å². The van der Waals surface area contributed by atoms with Gasteiger partial charge in [-0.2, -0.15) is 5.26 Å². The first-order valence-corrected chi connectivity index (χ1v) is 13.2. The average molecular weight is 533 g/mol. The van der Waals surface area contributed by atoms with Crippen molar-refractivity contribution in [1.29, 1.82) is 5.26 Å². The van der Waals surface area contributed by atoms with Crippen molar-refractivity contribution in [2.75, 3.05) is 24.1 Å². The summed E-state index contributed by atoms with van der Waals surface area (Å²) in [7, 11) is 0. The summed E-state index contributed by atoms with van der Waals surface area (Å²) in [5.74, 6) is 1.73. The summed E-state index contributed by atoms with van der Waals surface area (Å²) < 4.78 is 19.9. The molecule has 10 nitrogen and oxygen atoms in total. The Morgan fingerprint density at radius 2 is 1.85 bits per heavy atom. The number of imidazole rings is 1. The molecule has 0 saturated carbocycles. The van der Waals surface area contributed by atoms with Crippen molar-refractivity contribution in [3.63, 3.8) is 0 Å². The van der Waals surface area contributed by atoms with Gasteiger partial charge in [0.1, 0.15) is 23.2 Å². The van der Waals surface area contributed by atoms with Crippen LogP contribution in [0, 0.1) is 25.2 Å². The molecule has 10 heteroatoms. The van der Waals surface area contributed by atoms with Gasteiger partial charge in [0.25, 0.3) is 0 Å². The molecule has 1 saturated heterocycles. The molecule has 0 unspecified atom stereocenters. The lowest BCUT2D eigenvalue weighted by Crippen LogP contribution is -2.38. The van der Waals surface area contributed by atoms with Crippen LogP contribution in [0.25, 0.3) is 28.2 Å². The Balaban J connectivity index is 1.25. The molecule has 0 bridgehead atoms. The van der Waals surface area contributed by atoms with Crippen LogP contribution in [-0.2, 0) is 6.50 Å². The number of hydrogen-bond donors (Lipinski definition) is 2. The number of aryl methyl sites for hydroxylation is 2. The number of anilines is 2. The third-order valence-corrected chi connectivity index (χ3v) is 7.17. The molecule has 40 heavy (non-hydrogen) atoms. The van der Waals surface area contributed by atoms with Crippen LogP contribution in [-0.4, -0.2) is 53.5 Å². The number of nitrogens with zero attached hydrogens (tertiary/aromatic N) is 8. The maximum Gasteiger partial charge on any atom is 0.234 e. The lowest BCUT2D eigenvalue weighted by Gasteiger charge is -2.32. The van der Waals surface area contributed by atoms with Gasteiger partial charge < -0.3 is 11.1 Å². The monoisotopic (exact) mass is 532 g/mol. The first kappa shape index (κ1) is 23.0. The first-order valence-electron chi connectivity index (χ1n) is 14.2. The standard InChI is InChI=1S/C30H30N10/c1-19-16-25-30(35-20(19)2)40(29(37-25)24-4-3-12-34-28(24)32)23-7-5-21(6-8-23)18-39-14-10-22(11-15-39)36-26-9-13-33-27(17-31)38-26/h3-9,12-13,16,22H,10-11,14-15,18H2,1-2H3,(H2,32,34)(H,33,36,38)/i18D2. The predicted molar refractivity (Wildman–Crippen MR) is 155 cm³/mol. The van der Waals surface area contributed by atoms with E-state index in [2.05, 4.69) is 20.3 Å². The van der Waals surface area contributed by atoms with Crippen LogP contribution in [0.2, 0.25) is 0 Å². The molecule has 0 amide bonds. The number of aromatic nitrogens is 6. The van der Waals surface area contributed by atoms with Crippen LogP contribution in [0.4, 0.5) is 11.6 Å². The van der Waals surface area contributed by atoms with Crippen molar-refractivity contribution in [2.24, 2.45) is 0 Å². The van der Waals surface area contributed by atoms with Gasteiger partial charge in [-0.1, -0.05) is 12.1 Å². The summed E-state index contributed by atoms with van der Waals surface area (Å²) in [5, 5.41) is 12.4. The zero-order chi connectivity index (χ0) is 29.4. The Labute approximate surface area is 235 Å². The Kier molecular flexibility index (Phi) is 6.17. The molecule has 0 aliphatic carbocycles. The van der Waals surface area contributed by atoms with Crippen molar-refractivity contribution in [2.45, 2.75) is 39.2 Å². The number of nitrogens with two attached hydrogens (primary N) is 1. The van der Waals surface area contributed by atoms with Crippen molar-refractivity contribution in [3.05, 3.63) is 83.6 Å². The molecule has 4 aromatic heterocycles. The van der Waals surface area contributed by atoms with Gasteiger partial charge >= 0.3 is 0 Å². The van der Waals surface area contributed by atoms with Gasteiger partial charge in [-0.25, -0.2) is 24.9 Å². The number of fused-ring (bicyclic) bond motifs is 1. The van der Waals surface area contributed by atoms with Gasteiger partial charge in [-0.15, -0.1) is 0 Å². The lowest BCUT2D eigenvalue weighted by atomic mass is 10.0. The van der Waals surface area contributed by atoms with E-state index in [4.69, 9.17) is 23.7 Å². The van der Waals surface area contributed by atoms with Gasteiger partial charge in [0.05, 0.1) is 5.56 Å². The first-order chi connectivity index (χ1) is 20.2. The fourth-order valence-electron chi connectivity index (χ4n) is 4.93. The number of benzene rings is 1. The minimum Gasteiger partial charge on any atom is -0.383 e. The Morgan fingerprint density at radius 1 is 1.05 bits per heavy atom. The molecule has 0 radical (unpaired) electrons. The quantitative estimate of drug-likeness (QED) is 0.326. The van der Waals surface area contributed by atoms with E-state index in [1.807, 2.05) is 71.8 Å². The number of pyridine rings is 2. The van der Waals surface area contributed by atoms with Gasteiger partial charge in [0.15, 0.2) is 11.5 Å². The summed E-state index contributed by atoms with van der Waals surface area (Å²) in [6.45, 7) is 3.46. The highest BCUT2D eigenvalue weighted by atomic mass is 15.2. The normalized spacial score (nSPS) is 15.4.